The fourth-order valence-corrected chi connectivity index (χ4v) is 8.57. The van der Waals surface area contributed by atoms with E-state index in [0.29, 0.717) is 19.3 Å². The minimum atomic E-state index is -0.775. The Morgan fingerprint density at radius 2 is 0.569 bits per heavy atom. The van der Waals surface area contributed by atoms with Crippen LogP contribution in [0.25, 0.3) is 0 Å². The van der Waals surface area contributed by atoms with Crippen molar-refractivity contribution >= 4 is 17.9 Å². The number of hydrogen-bond acceptors (Lipinski definition) is 6. The van der Waals surface area contributed by atoms with Gasteiger partial charge in [0.2, 0.25) is 0 Å². The van der Waals surface area contributed by atoms with E-state index in [-0.39, 0.29) is 31.1 Å². The predicted octanol–water partition coefficient (Wildman–Crippen LogP) is 20.7. The smallest absolute Gasteiger partial charge is 0.306 e. The van der Waals surface area contributed by atoms with Gasteiger partial charge in [0.05, 0.1) is 0 Å². The van der Waals surface area contributed by atoms with Crippen LogP contribution >= 0.6 is 0 Å². The maximum Gasteiger partial charge on any atom is 0.306 e. The molecule has 0 saturated heterocycles. The summed E-state index contributed by atoms with van der Waals surface area (Å²) in [6, 6.07) is 0. The number of ether oxygens (including phenoxy) is 3. The molecule has 0 heterocycles. The lowest BCUT2D eigenvalue weighted by molar-refractivity contribution is -0.167. The van der Waals surface area contributed by atoms with Crippen LogP contribution in [0, 0.1) is 0 Å². The molecule has 0 rings (SSSR count). The molecule has 0 saturated carbocycles. The van der Waals surface area contributed by atoms with E-state index < -0.39 is 6.10 Å². The number of carbonyl (C=O) groups excluding carboxylic acids is 3. The van der Waals surface area contributed by atoms with Gasteiger partial charge >= 0.3 is 17.9 Å². The quantitative estimate of drug-likeness (QED) is 0.0261. The van der Waals surface area contributed by atoms with E-state index in [9.17, 15) is 14.4 Å². The summed E-state index contributed by atoms with van der Waals surface area (Å²) in [5, 5.41) is 0. The molecule has 1 atom stereocenters. The first-order valence-corrected chi connectivity index (χ1v) is 30.6. The summed E-state index contributed by atoms with van der Waals surface area (Å²) in [6.07, 6.45) is 78.9. The molecule has 0 bridgehead atoms. The van der Waals surface area contributed by atoms with Crippen LogP contribution in [0.3, 0.4) is 0 Å². The highest BCUT2D eigenvalue weighted by Crippen LogP contribution is 2.16. The Kier molecular flexibility index (Phi) is 57.3. The molecule has 0 aliphatic carbocycles. The van der Waals surface area contributed by atoms with Gasteiger partial charge < -0.3 is 14.2 Å². The van der Waals surface area contributed by atoms with Gasteiger partial charge in [-0.05, 0) is 89.9 Å². The first-order chi connectivity index (χ1) is 35.5. The Morgan fingerprint density at radius 1 is 0.292 bits per heavy atom. The molecule has 0 N–H and O–H groups in total. The molecule has 0 aliphatic rings. The normalized spacial score (nSPS) is 12.7. The Balaban J connectivity index is 4.06. The minimum Gasteiger partial charge on any atom is -0.462 e. The fraction of sp³-hybridized carbons (Fsp3) is 0.742. The largest absolute Gasteiger partial charge is 0.462 e. The highest BCUT2D eigenvalue weighted by molar-refractivity contribution is 5.71. The first-order valence-electron chi connectivity index (χ1n) is 30.6. The molecular formula is C66H114O6. The van der Waals surface area contributed by atoms with Gasteiger partial charge in [-0.2, -0.15) is 0 Å². The van der Waals surface area contributed by atoms with Gasteiger partial charge in [-0.25, -0.2) is 0 Å². The average Bonchev–Trinajstić information content (AvgIpc) is 3.38. The lowest BCUT2D eigenvalue weighted by Gasteiger charge is -2.18. The molecule has 0 aromatic heterocycles. The van der Waals surface area contributed by atoms with Crippen molar-refractivity contribution in [1.29, 1.82) is 0 Å². The van der Waals surface area contributed by atoms with E-state index in [1.165, 1.54) is 148 Å². The van der Waals surface area contributed by atoms with Crippen molar-refractivity contribution in [3.05, 3.63) is 85.1 Å². The zero-order chi connectivity index (χ0) is 52.2. The predicted molar refractivity (Wildman–Crippen MR) is 311 cm³/mol. The van der Waals surface area contributed by atoms with Crippen molar-refractivity contribution in [3.63, 3.8) is 0 Å². The van der Waals surface area contributed by atoms with Gasteiger partial charge in [-0.1, -0.05) is 273 Å². The lowest BCUT2D eigenvalue weighted by atomic mass is 10.0. The molecule has 0 fully saturated rings. The van der Waals surface area contributed by atoms with Crippen molar-refractivity contribution in [1.82, 2.24) is 0 Å². The van der Waals surface area contributed by atoms with Crippen LogP contribution in [0.15, 0.2) is 85.1 Å². The van der Waals surface area contributed by atoms with Crippen LogP contribution < -0.4 is 0 Å². The van der Waals surface area contributed by atoms with Gasteiger partial charge in [-0.15, -0.1) is 0 Å². The number of unbranched alkanes of at least 4 members (excludes halogenated alkanes) is 30. The summed E-state index contributed by atoms with van der Waals surface area (Å²) >= 11 is 0. The van der Waals surface area contributed by atoms with Gasteiger partial charge in [0.25, 0.3) is 0 Å². The molecule has 6 nitrogen and oxygen atoms in total. The van der Waals surface area contributed by atoms with Crippen LogP contribution in [-0.2, 0) is 28.6 Å². The zero-order valence-corrected chi connectivity index (χ0v) is 47.4. The van der Waals surface area contributed by atoms with Crippen LogP contribution in [-0.4, -0.2) is 37.2 Å². The highest BCUT2D eigenvalue weighted by Gasteiger charge is 2.19. The molecule has 1 unspecified atom stereocenters. The van der Waals surface area contributed by atoms with Crippen LogP contribution in [0.1, 0.15) is 297 Å². The van der Waals surface area contributed by atoms with Gasteiger partial charge in [0.1, 0.15) is 13.2 Å². The van der Waals surface area contributed by atoms with Crippen molar-refractivity contribution in [2.24, 2.45) is 0 Å². The summed E-state index contributed by atoms with van der Waals surface area (Å²) in [5.74, 6) is -0.880. The van der Waals surface area contributed by atoms with Crippen molar-refractivity contribution < 1.29 is 28.6 Å². The summed E-state index contributed by atoms with van der Waals surface area (Å²) in [6.45, 7) is 6.46. The molecule has 0 aromatic carbocycles. The Labute approximate surface area is 445 Å². The van der Waals surface area contributed by atoms with E-state index >= 15 is 0 Å². The molecule has 0 aliphatic heterocycles. The number of hydrogen-bond donors (Lipinski definition) is 0. The average molecular weight is 1000 g/mol. The van der Waals surface area contributed by atoms with Gasteiger partial charge in [0.15, 0.2) is 6.10 Å². The third-order valence-corrected chi connectivity index (χ3v) is 13.1. The minimum absolute atomic E-state index is 0.0755. The fourth-order valence-electron chi connectivity index (χ4n) is 8.57. The van der Waals surface area contributed by atoms with Crippen molar-refractivity contribution in [2.45, 2.75) is 303 Å². The molecule has 0 amide bonds. The third-order valence-electron chi connectivity index (χ3n) is 13.1. The number of carbonyl (C=O) groups is 3. The molecule has 0 radical (unpaired) electrons. The van der Waals surface area contributed by atoms with E-state index in [1.807, 2.05) is 0 Å². The maximum atomic E-state index is 12.8. The maximum absolute atomic E-state index is 12.8. The van der Waals surface area contributed by atoms with Crippen LogP contribution in [0.4, 0.5) is 0 Å². The number of esters is 3. The zero-order valence-electron chi connectivity index (χ0n) is 47.4. The molecule has 72 heavy (non-hydrogen) atoms. The van der Waals surface area contributed by atoms with Gasteiger partial charge in [0, 0.05) is 19.3 Å². The summed E-state index contributed by atoms with van der Waals surface area (Å²) in [5.41, 5.74) is 0. The topological polar surface area (TPSA) is 78.9 Å². The second kappa shape index (κ2) is 60.1. The second-order valence-electron chi connectivity index (χ2n) is 20.2. The first kappa shape index (κ1) is 68.6. The molecule has 0 spiro atoms. The van der Waals surface area contributed by atoms with Crippen molar-refractivity contribution in [2.75, 3.05) is 13.2 Å². The highest BCUT2D eigenvalue weighted by atomic mass is 16.6. The van der Waals surface area contributed by atoms with E-state index in [1.54, 1.807) is 0 Å². The number of allylic oxidation sites excluding steroid dienone is 14. The Bertz CT molecular complexity index is 1380. The van der Waals surface area contributed by atoms with Crippen LogP contribution in [0.2, 0.25) is 0 Å². The monoisotopic (exact) mass is 1000 g/mol. The van der Waals surface area contributed by atoms with Crippen LogP contribution in [0.5, 0.6) is 0 Å². The summed E-state index contributed by atoms with van der Waals surface area (Å²) in [4.78, 5) is 38.0. The number of rotatable bonds is 55. The Hall–Kier alpha value is -3.41. The summed E-state index contributed by atoms with van der Waals surface area (Å²) in [7, 11) is 0. The SMILES string of the molecule is CC/C=C\C/C=C\C/C=C\C/C=C\C/C=C\C/C=C\CCCCCCCCCCCCCCCCC(=O)OCC(COC(=O)CCCCCCC/C=C\CCC)OC(=O)CCCCCCCCCCCCC. The lowest BCUT2D eigenvalue weighted by Crippen LogP contribution is -2.30. The molecule has 6 heteroatoms. The molecular weight excluding hydrogens is 889 g/mol. The summed E-state index contributed by atoms with van der Waals surface area (Å²) < 4.78 is 16.8. The van der Waals surface area contributed by atoms with E-state index in [4.69, 9.17) is 14.2 Å². The third kappa shape index (κ3) is 57.5. The molecule has 0 aromatic rings. The van der Waals surface area contributed by atoms with Gasteiger partial charge in [-0.3, -0.25) is 14.4 Å². The van der Waals surface area contributed by atoms with E-state index in [0.717, 1.165) is 109 Å². The second-order valence-corrected chi connectivity index (χ2v) is 20.2. The standard InChI is InChI=1S/C66H114O6/c1-4-7-10-13-16-19-22-23-24-25-26-27-28-29-30-31-32-33-34-35-36-37-38-39-40-41-42-43-45-47-50-53-56-59-65(68)71-62-63(61-70-64(67)58-55-52-49-46-21-18-15-12-9-6-3)72-66(69)60-57-54-51-48-44-20-17-14-11-8-5-2/h7,10,12,15-16,19,23-24,26-27,29-30,32-33,63H,4-6,8-9,11,13-14,17-18,20-22,25,28,31,34-62H2,1-3H3/b10-7-,15-12-,19-16-,24-23-,27-26-,30-29-,33-32-. The molecule has 414 valence electrons. The van der Waals surface area contributed by atoms with E-state index in [2.05, 4.69) is 106 Å². The Morgan fingerprint density at radius 3 is 0.917 bits per heavy atom. The van der Waals surface area contributed by atoms with Crippen molar-refractivity contribution in [3.8, 4) is 0 Å².